The normalized spacial score (nSPS) is 10.2. The second-order valence-corrected chi connectivity index (χ2v) is 5.17. The van der Waals surface area contributed by atoms with Crippen LogP contribution in [0.3, 0.4) is 0 Å². The number of halogens is 1. The highest BCUT2D eigenvalue weighted by atomic mass is 79.9. The molecule has 0 spiro atoms. The van der Waals surface area contributed by atoms with E-state index in [2.05, 4.69) is 27.3 Å². The monoisotopic (exact) mass is 318 g/mol. The van der Waals surface area contributed by atoms with Crippen LogP contribution in [0.15, 0.2) is 46.9 Å². The van der Waals surface area contributed by atoms with Crippen LogP contribution in [0, 0.1) is 6.92 Å². The zero-order chi connectivity index (χ0) is 13.8. The zero-order valence-corrected chi connectivity index (χ0v) is 12.2. The van der Waals surface area contributed by atoms with E-state index in [0.717, 1.165) is 5.56 Å². The smallest absolute Gasteiger partial charge is 0.252 e. The first-order chi connectivity index (χ1) is 9.08. The molecule has 3 nitrogen and oxygen atoms in total. The van der Waals surface area contributed by atoms with E-state index in [1.54, 1.807) is 18.2 Å². The summed E-state index contributed by atoms with van der Waals surface area (Å²) in [5, 5.41) is 2.89. The van der Waals surface area contributed by atoms with Gasteiger partial charge in [0.1, 0.15) is 0 Å². The van der Waals surface area contributed by atoms with Gasteiger partial charge in [-0.25, -0.2) is 0 Å². The molecular weight excluding hydrogens is 304 g/mol. The van der Waals surface area contributed by atoms with Gasteiger partial charge in [0.15, 0.2) is 0 Å². The molecule has 0 bridgehead atoms. The third-order valence-corrected chi connectivity index (χ3v) is 3.69. The summed E-state index contributed by atoms with van der Waals surface area (Å²) in [6.45, 7) is 2.53. The van der Waals surface area contributed by atoms with Crippen molar-refractivity contribution in [1.29, 1.82) is 0 Å². The molecule has 3 N–H and O–H groups in total. The highest BCUT2D eigenvalue weighted by Crippen LogP contribution is 2.23. The first-order valence-corrected chi connectivity index (χ1v) is 6.75. The van der Waals surface area contributed by atoms with E-state index in [0.29, 0.717) is 22.3 Å². The number of rotatable bonds is 3. The summed E-state index contributed by atoms with van der Waals surface area (Å²) in [4.78, 5) is 12.1. The molecule has 0 saturated heterocycles. The van der Waals surface area contributed by atoms with Gasteiger partial charge in [-0.15, -0.1) is 0 Å². The van der Waals surface area contributed by atoms with Crippen molar-refractivity contribution >= 4 is 27.5 Å². The molecule has 0 saturated carbocycles. The fourth-order valence-corrected chi connectivity index (χ4v) is 2.27. The van der Waals surface area contributed by atoms with Crippen molar-refractivity contribution in [3.63, 3.8) is 0 Å². The van der Waals surface area contributed by atoms with E-state index in [1.165, 1.54) is 5.56 Å². The Morgan fingerprint density at radius 1 is 1.26 bits per heavy atom. The second-order valence-electron chi connectivity index (χ2n) is 4.38. The Labute approximate surface area is 121 Å². The summed E-state index contributed by atoms with van der Waals surface area (Å²) in [5.74, 6) is -0.138. The molecule has 2 aromatic carbocycles. The lowest BCUT2D eigenvalue weighted by molar-refractivity contribution is 0.0950. The average Bonchev–Trinajstić information content (AvgIpc) is 2.39. The summed E-state index contributed by atoms with van der Waals surface area (Å²) in [5.41, 5.74) is 9.12. The second kappa shape index (κ2) is 5.89. The molecule has 0 unspecified atom stereocenters. The third kappa shape index (κ3) is 3.35. The van der Waals surface area contributed by atoms with E-state index in [4.69, 9.17) is 5.73 Å². The number of nitrogens with one attached hydrogen (secondary N) is 1. The first kappa shape index (κ1) is 13.6. The number of carbonyl (C=O) groups is 1. The maximum atomic E-state index is 12.1. The Hall–Kier alpha value is -1.81. The molecule has 0 aliphatic rings. The molecule has 0 aliphatic heterocycles. The molecule has 1 amide bonds. The fourth-order valence-electron chi connectivity index (χ4n) is 1.82. The van der Waals surface area contributed by atoms with Crippen molar-refractivity contribution in [2.75, 3.05) is 5.73 Å². The van der Waals surface area contributed by atoms with Gasteiger partial charge < -0.3 is 11.1 Å². The van der Waals surface area contributed by atoms with Crippen LogP contribution in [0.5, 0.6) is 0 Å². The molecule has 0 aliphatic carbocycles. The van der Waals surface area contributed by atoms with E-state index in [1.807, 2.05) is 25.1 Å². The maximum absolute atomic E-state index is 12.1. The van der Waals surface area contributed by atoms with Crippen molar-refractivity contribution in [2.24, 2.45) is 0 Å². The standard InChI is InChI=1S/C15H15BrN2O/c1-10-4-2-5-11(8-10)9-18-15(19)12-6-3-7-13(17)14(12)16/h2-8H,9,17H2,1H3,(H,18,19). The number of anilines is 1. The van der Waals surface area contributed by atoms with E-state index in [-0.39, 0.29) is 5.91 Å². The van der Waals surface area contributed by atoms with Gasteiger partial charge >= 0.3 is 0 Å². The number of hydrogen-bond donors (Lipinski definition) is 2. The summed E-state index contributed by atoms with van der Waals surface area (Å²) in [6, 6.07) is 13.3. The summed E-state index contributed by atoms with van der Waals surface area (Å²) < 4.78 is 0.636. The summed E-state index contributed by atoms with van der Waals surface area (Å²) in [7, 11) is 0. The molecule has 0 radical (unpaired) electrons. The molecule has 4 heteroatoms. The number of hydrogen-bond acceptors (Lipinski definition) is 2. The van der Waals surface area contributed by atoms with Gasteiger partial charge in [0.05, 0.1) is 10.0 Å². The highest BCUT2D eigenvalue weighted by Gasteiger charge is 2.11. The molecule has 19 heavy (non-hydrogen) atoms. The first-order valence-electron chi connectivity index (χ1n) is 5.95. The largest absolute Gasteiger partial charge is 0.398 e. The van der Waals surface area contributed by atoms with Crippen LogP contribution in [0.4, 0.5) is 5.69 Å². The van der Waals surface area contributed by atoms with Crippen molar-refractivity contribution in [3.8, 4) is 0 Å². The van der Waals surface area contributed by atoms with Crippen LogP contribution in [0.2, 0.25) is 0 Å². The number of nitrogens with two attached hydrogens (primary N) is 1. The minimum atomic E-state index is -0.138. The lowest BCUT2D eigenvalue weighted by atomic mass is 10.1. The van der Waals surface area contributed by atoms with Crippen LogP contribution in [-0.2, 0) is 6.54 Å². The predicted octanol–water partition coefficient (Wildman–Crippen LogP) is 3.27. The molecule has 0 atom stereocenters. The topological polar surface area (TPSA) is 55.1 Å². The lowest BCUT2D eigenvalue weighted by Gasteiger charge is -2.08. The lowest BCUT2D eigenvalue weighted by Crippen LogP contribution is -2.23. The minimum Gasteiger partial charge on any atom is -0.398 e. The molecule has 0 heterocycles. The molecule has 0 fully saturated rings. The minimum absolute atomic E-state index is 0.138. The number of nitrogen functional groups attached to an aromatic ring is 1. The van der Waals surface area contributed by atoms with Crippen LogP contribution in [0.1, 0.15) is 21.5 Å². The van der Waals surface area contributed by atoms with E-state index < -0.39 is 0 Å². The Bertz CT molecular complexity index is 611. The molecule has 2 rings (SSSR count). The molecular formula is C15H15BrN2O. The van der Waals surface area contributed by atoms with Crippen LogP contribution >= 0.6 is 15.9 Å². The highest BCUT2D eigenvalue weighted by molar-refractivity contribution is 9.10. The van der Waals surface area contributed by atoms with Crippen molar-refractivity contribution in [2.45, 2.75) is 13.5 Å². The number of carbonyl (C=O) groups excluding carboxylic acids is 1. The predicted molar refractivity (Wildman–Crippen MR) is 80.9 cm³/mol. The zero-order valence-electron chi connectivity index (χ0n) is 10.6. The number of benzene rings is 2. The fraction of sp³-hybridized carbons (Fsp3) is 0.133. The van der Waals surface area contributed by atoms with Crippen molar-refractivity contribution in [1.82, 2.24) is 5.32 Å². The van der Waals surface area contributed by atoms with Gasteiger partial charge in [-0.2, -0.15) is 0 Å². The Kier molecular flexibility index (Phi) is 4.22. The summed E-state index contributed by atoms with van der Waals surface area (Å²) in [6.07, 6.45) is 0. The molecule has 98 valence electrons. The van der Waals surface area contributed by atoms with Crippen LogP contribution in [-0.4, -0.2) is 5.91 Å². The Morgan fingerprint density at radius 3 is 2.74 bits per heavy atom. The van der Waals surface area contributed by atoms with Gasteiger partial charge in [0.25, 0.3) is 5.91 Å². The maximum Gasteiger partial charge on any atom is 0.252 e. The van der Waals surface area contributed by atoms with Gasteiger partial charge in [-0.3, -0.25) is 4.79 Å². The third-order valence-electron chi connectivity index (χ3n) is 2.81. The van der Waals surface area contributed by atoms with Gasteiger partial charge in [-0.1, -0.05) is 35.9 Å². The number of aryl methyl sites for hydroxylation is 1. The summed E-state index contributed by atoms with van der Waals surface area (Å²) >= 11 is 3.33. The van der Waals surface area contributed by atoms with Gasteiger partial charge in [-0.05, 0) is 40.5 Å². The van der Waals surface area contributed by atoms with Gasteiger partial charge in [0, 0.05) is 12.2 Å². The van der Waals surface area contributed by atoms with E-state index in [9.17, 15) is 4.79 Å². The quantitative estimate of drug-likeness (QED) is 0.853. The van der Waals surface area contributed by atoms with Crippen molar-refractivity contribution < 1.29 is 4.79 Å². The molecule has 2 aromatic rings. The molecule has 0 aromatic heterocycles. The Morgan fingerprint density at radius 2 is 2.00 bits per heavy atom. The van der Waals surface area contributed by atoms with E-state index >= 15 is 0 Å². The van der Waals surface area contributed by atoms with Crippen LogP contribution in [0.25, 0.3) is 0 Å². The van der Waals surface area contributed by atoms with Gasteiger partial charge in [0.2, 0.25) is 0 Å². The SMILES string of the molecule is Cc1cccc(CNC(=O)c2cccc(N)c2Br)c1. The Balaban J connectivity index is 2.08. The average molecular weight is 319 g/mol. The van der Waals surface area contributed by atoms with Crippen molar-refractivity contribution in [3.05, 3.63) is 63.6 Å². The van der Waals surface area contributed by atoms with Crippen LogP contribution < -0.4 is 11.1 Å². The number of amides is 1.